The van der Waals surface area contributed by atoms with Crippen LogP contribution in [0.1, 0.15) is 35.7 Å². The summed E-state index contributed by atoms with van der Waals surface area (Å²) in [6.07, 6.45) is 2.79. The SMILES string of the molecule is CCOC(=O)C1CCN(C(=O)c2cc(-c3ccccc3)nc3c2cnn3Cc2cccc(F)c2)CC1. The van der Waals surface area contributed by atoms with Gasteiger partial charge >= 0.3 is 5.97 Å². The first kappa shape index (κ1) is 23.7. The summed E-state index contributed by atoms with van der Waals surface area (Å²) in [6, 6.07) is 17.8. The van der Waals surface area contributed by atoms with E-state index < -0.39 is 0 Å². The summed E-state index contributed by atoms with van der Waals surface area (Å²) in [6.45, 7) is 3.43. The molecule has 184 valence electrons. The van der Waals surface area contributed by atoms with E-state index in [0.717, 1.165) is 11.1 Å². The maximum absolute atomic E-state index is 13.8. The summed E-state index contributed by atoms with van der Waals surface area (Å²) in [5.74, 6) is -0.808. The molecule has 0 unspecified atom stereocenters. The van der Waals surface area contributed by atoms with Gasteiger partial charge in [-0.15, -0.1) is 0 Å². The van der Waals surface area contributed by atoms with Crippen molar-refractivity contribution in [3.05, 3.63) is 83.8 Å². The molecule has 1 aliphatic rings. The summed E-state index contributed by atoms with van der Waals surface area (Å²) in [4.78, 5) is 32.5. The Hall–Kier alpha value is -4.07. The van der Waals surface area contributed by atoms with Gasteiger partial charge in [-0.25, -0.2) is 14.1 Å². The number of ether oxygens (including phenoxy) is 1. The van der Waals surface area contributed by atoms with Gasteiger partial charge in [-0.2, -0.15) is 5.10 Å². The number of carbonyl (C=O) groups excluding carboxylic acids is 2. The van der Waals surface area contributed by atoms with Crippen molar-refractivity contribution >= 4 is 22.9 Å². The van der Waals surface area contributed by atoms with E-state index in [0.29, 0.717) is 61.4 Å². The Balaban J connectivity index is 1.50. The summed E-state index contributed by atoms with van der Waals surface area (Å²) >= 11 is 0. The van der Waals surface area contributed by atoms with Gasteiger partial charge in [0.05, 0.1) is 41.9 Å². The van der Waals surface area contributed by atoms with E-state index in [4.69, 9.17) is 9.72 Å². The van der Waals surface area contributed by atoms with Gasteiger partial charge < -0.3 is 9.64 Å². The topological polar surface area (TPSA) is 77.3 Å². The number of rotatable bonds is 6. The number of hydrogen-bond acceptors (Lipinski definition) is 5. The summed E-state index contributed by atoms with van der Waals surface area (Å²) in [7, 11) is 0. The third-order valence-corrected chi connectivity index (χ3v) is 6.53. The van der Waals surface area contributed by atoms with E-state index in [1.165, 1.54) is 12.1 Å². The lowest BCUT2D eigenvalue weighted by Crippen LogP contribution is -2.40. The van der Waals surface area contributed by atoms with Crippen molar-refractivity contribution in [3.63, 3.8) is 0 Å². The Bertz CT molecular complexity index is 1390. The van der Waals surface area contributed by atoms with E-state index in [-0.39, 0.29) is 23.6 Å². The molecule has 1 saturated heterocycles. The van der Waals surface area contributed by atoms with Gasteiger partial charge in [-0.3, -0.25) is 9.59 Å². The normalized spacial score (nSPS) is 14.2. The minimum Gasteiger partial charge on any atom is -0.466 e. The van der Waals surface area contributed by atoms with Crippen LogP contribution in [0.3, 0.4) is 0 Å². The number of carbonyl (C=O) groups is 2. The lowest BCUT2D eigenvalue weighted by Gasteiger charge is -2.31. The van der Waals surface area contributed by atoms with E-state index in [9.17, 15) is 14.0 Å². The Kier molecular flexibility index (Phi) is 6.75. The third-order valence-electron chi connectivity index (χ3n) is 6.53. The van der Waals surface area contributed by atoms with Crippen LogP contribution >= 0.6 is 0 Å². The van der Waals surface area contributed by atoms with Gasteiger partial charge in [0, 0.05) is 18.7 Å². The Morgan fingerprint density at radius 1 is 1.06 bits per heavy atom. The number of nitrogens with zero attached hydrogens (tertiary/aromatic N) is 4. The molecule has 1 aliphatic heterocycles. The predicted octanol–water partition coefficient (Wildman–Crippen LogP) is 4.70. The molecule has 4 aromatic rings. The Morgan fingerprint density at radius 2 is 1.83 bits per heavy atom. The number of fused-ring (bicyclic) bond motifs is 1. The number of piperidine rings is 1. The van der Waals surface area contributed by atoms with Crippen molar-refractivity contribution < 1.29 is 18.7 Å². The highest BCUT2D eigenvalue weighted by Gasteiger charge is 2.30. The predicted molar refractivity (Wildman–Crippen MR) is 134 cm³/mol. The number of hydrogen-bond donors (Lipinski definition) is 0. The van der Waals surface area contributed by atoms with Crippen LogP contribution in [0.25, 0.3) is 22.3 Å². The number of likely N-dealkylation sites (tertiary alicyclic amines) is 1. The zero-order valence-corrected chi connectivity index (χ0v) is 20.1. The number of amides is 1. The molecule has 0 aliphatic carbocycles. The highest BCUT2D eigenvalue weighted by molar-refractivity contribution is 6.06. The molecule has 8 heteroatoms. The first-order chi connectivity index (χ1) is 17.5. The molecule has 0 bridgehead atoms. The van der Waals surface area contributed by atoms with Gasteiger partial charge in [0.25, 0.3) is 5.91 Å². The number of aromatic nitrogens is 3. The first-order valence-corrected chi connectivity index (χ1v) is 12.2. The molecule has 2 aromatic carbocycles. The number of esters is 1. The zero-order chi connectivity index (χ0) is 25.1. The van der Waals surface area contributed by atoms with Crippen LogP contribution in [-0.4, -0.2) is 51.2 Å². The average Bonchev–Trinajstić information content (AvgIpc) is 3.31. The van der Waals surface area contributed by atoms with E-state index in [1.54, 1.807) is 28.8 Å². The third kappa shape index (κ3) is 4.84. The molecule has 5 rings (SSSR count). The molecule has 0 saturated carbocycles. The molecular weight excluding hydrogens is 459 g/mol. The quantitative estimate of drug-likeness (QED) is 0.369. The minimum absolute atomic E-state index is 0.118. The lowest BCUT2D eigenvalue weighted by atomic mass is 9.96. The van der Waals surface area contributed by atoms with Crippen molar-refractivity contribution in [3.8, 4) is 11.3 Å². The van der Waals surface area contributed by atoms with Gasteiger partial charge in [-0.1, -0.05) is 42.5 Å². The van der Waals surface area contributed by atoms with Gasteiger partial charge in [0.15, 0.2) is 5.65 Å². The maximum atomic E-state index is 13.8. The van der Waals surface area contributed by atoms with E-state index >= 15 is 0 Å². The highest BCUT2D eigenvalue weighted by Crippen LogP contribution is 2.28. The molecule has 7 nitrogen and oxygen atoms in total. The molecule has 3 heterocycles. The van der Waals surface area contributed by atoms with Gasteiger partial charge in [0.1, 0.15) is 5.82 Å². The maximum Gasteiger partial charge on any atom is 0.309 e. The smallest absolute Gasteiger partial charge is 0.309 e. The molecular formula is C28H27FN4O3. The standard InChI is InChI=1S/C28H27FN4O3/c1-2-36-28(35)21-11-13-32(14-12-21)27(34)23-16-25(20-8-4-3-5-9-20)31-26-24(23)17-30-33(26)18-19-7-6-10-22(29)15-19/h3-10,15-17,21H,2,11-14,18H2,1H3. The molecule has 0 atom stereocenters. The molecule has 1 amide bonds. The second kappa shape index (κ2) is 10.3. The van der Waals surface area contributed by atoms with Crippen LogP contribution in [0.4, 0.5) is 4.39 Å². The summed E-state index contributed by atoms with van der Waals surface area (Å²) in [5, 5.41) is 5.14. The van der Waals surface area contributed by atoms with Crippen molar-refractivity contribution in [2.45, 2.75) is 26.3 Å². The second-order valence-corrected chi connectivity index (χ2v) is 8.91. The lowest BCUT2D eigenvalue weighted by molar-refractivity contribution is -0.149. The molecule has 0 N–H and O–H groups in total. The van der Waals surface area contributed by atoms with Crippen molar-refractivity contribution in [2.75, 3.05) is 19.7 Å². The van der Waals surface area contributed by atoms with Crippen LogP contribution in [0.5, 0.6) is 0 Å². The number of halogens is 1. The molecule has 0 spiro atoms. The second-order valence-electron chi connectivity index (χ2n) is 8.91. The highest BCUT2D eigenvalue weighted by atomic mass is 19.1. The fourth-order valence-corrected chi connectivity index (χ4v) is 4.65. The average molecular weight is 487 g/mol. The van der Waals surface area contributed by atoms with Crippen LogP contribution in [0.2, 0.25) is 0 Å². The molecule has 1 fully saturated rings. The summed E-state index contributed by atoms with van der Waals surface area (Å²) in [5.41, 5.74) is 3.37. The van der Waals surface area contributed by atoms with E-state index in [1.807, 2.05) is 42.5 Å². The van der Waals surface area contributed by atoms with Crippen LogP contribution in [-0.2, 0) is 16.1 Å². The summed E-state index contributed by atoms with van der Waals surface area (Å²) < 4.78 is 20.6. The number of pyridine rings is 1. The van der Waals surface area contributed by atoms with Crippen molar-refractivity contribution in [1.82, 2.24) is 19.7 Å². The van der Waals surface area contributed by atoms with Gasteiger partial charge in [0.2, 0.25) is 0 Å². The molecule has 36 heavy (non-hydrogen) atoms. The first-order valence-electron chi connectivity index (χ1n) is 12.2. The minimum atomic E-state index is -0.316. The van der Waals surface area contributed by atoms with Crippen LogP contribution < -0.4 is 0 Å². The molecule has 0 radical (unpaired) electrons. The fourth-order valence-electron chi connectivity index (χ4n) is 4.65. The molecule has 2 aromatic heterocycles. The largest absolute Gasteiger partial charge is 0.466 e. The van der Waals surface area contributed by atoms with Crippen molar-refractivity contribution in [1.29, 1.82) is 0 Å². The Labute approximate surface area is 208 Å². The van der Waals surface area contributed by atoms with Crippen LogP contribution in [0, 0.1) is 11.7 Å². The monoisotopic (exact) mass is 486 g/mol. The van der Waals surface area contributed by atoms with E-state index in [2.05, 4.69) is 5.10 Å². The van der Waals surface area contributed by atoms with Crippen LogP contribution in [0.15, 0.2) is 66.9 Å². The zero-order valence-electron chi connectivity index (χ0n) is 20.1. The van der Waals surface area contributed by atoms with Gasteiger partial charge in [-0.05, 0) is 43.5 Å². The fraction of sp³-hybridized carbons (Fsp3) is 0.286. The van der Waals surface area contributed by atoms with Crippen molar-refractivity contribution in [2.24, 2.45) is 5.92 Å². The Morgan fingerprint density at radius 3 is 2.56 bits per heavy atom. The number of benzene rings is 2.